The third kappa shape index (κ3) is 2.80. The first-order valence-corrected chi connectivity index (χ1v) is 7.12. The quantitative estimate of drug-likeness (QED) is 0.883. The maximum atomic E-state index is 4.46. The number of aryl methyl sites for hydroxylation is 1. The molecular formula is C15H22N4. The van der Waals surface area contributed by atoms with E-state index in [4.69, 9.17) is 0 Å². The predicted molar refractivity (Wildman–Crippen MR) is 78.6 cm³/mol. The fraction of sp³-hybridized carbons (Fsp3) is 0.533. The van der Waals surface area contributed by atoms with Crippen molar-refractivity contribution in [2.75, 3.05) is 32.7 Å². The Balaban J connectivity index is 1.74. The molecule has 0 radical (unpaired) electrons. The minimum atomic E-state index is 0.561. The predicted octanol–water partition coefficient (Wildman–Crippen LogP) is 1.88. The topological polar surface area (TPSA) is 44.0 Å². The Morgan fingerprint density at radius 2 is 2.11 bits per heavy atom. The molecule has 0 aliphatic carbocycles. The molecule has 1 aromatic carbocycles. The van der Waals surface area contributed by atoms with Crippen molar-refractivity contribution in [1.29, 1.82) is 0 Å². The smallest absolute Gasteiger partial charge is 0.104 e. The van der Waals surface area contributed by atoms with Crippen LogP contribution in [0.5, 0.6) is 0 Å². The van der Waals surface area contributed by atoms with Crippen LogP contribution in [-0.2, 0) is 0 Å². The molecule has 1 aliphatic rings. The Labute approximate surface area is 114 Å². The van der Waals surface area contributed by atoms with Crippen LogP contribution < -0.4 is 5.32 Å². The van der Waals surface area contributed by atoms with Crippen molar-refractivity contribution in [3.8, 4) is 0 Å². The second-order valence-corrected chi connectivity index (χ2v) is 5.55. The summed E-state index contributed by atoms with van der Waals surface area (Å²) < 4.78 is 0. The minimum absolute atomic E-state index is 0.561. The molecule has 3 rings (SSSR count). The van der Waals surface area contributed by atoms with Gasteiger partial charge in [0, 0.05) is 32.7 Å². The summed E-state index contributed by atoms with van der Waals surface area (Å²) in [6, 6.07) is 6.60. The maximum Gasteiger partial charge on any atom is 0.104 e. The van der Waals surface area contributed by atoms with Crippen molar-refractivity contribution in [3.63, 3.8) is 0 Å². The van der Waals surface area contributed by atoms with Gasteiger partial charge in [-0.3, -0.25) is 0 Å². The maximum absolute atomic E-state index is 4.46. The number of aromatic amines is 1. The van der Waals surface area contributed by atoms with Gasteiger partial charge in [0.25, 0.3) is 0 Å². The number of imidazole rings is 1. The molecule has 102 valence electrons. The number of fused-ring (bicyclic) bond motifs is 1. The summed E-state index contributed by atoms with van der Waals surface area (Å²) in [5.74, 6) is 1.55. The van der Waals surface area contributed by atoms with E-state index in [2.05, 4.69) is 45.3 Å². The Hall–Kier alpha value is -1.39. The highest BCUT2D eigenvalue weighted by Crippen LogP contribution is 2.21. The van der Waals surface area contributed by atoms with Crippen molar-refractivity contribution in [2.45, 2.75) is 19.8 Å². The number of nitrogens with zero attached hydrogens (tertiary/aromatic N) is 2. The zero-order chi connectivity index (χ0) is 13.2. The average molecular weight is 258 g/mol. The van der Waals surface area contributed by atoms with E-state index >= 15 is 0 Å². The monoisotopic (exact) mass is 258 g/mol. The number of piperazine rings is 1. The third-order valence-electron chi connectivity index (χ3n) is 3.94. The fourth-order valence-electron chi connectivity index (χ4n) is 2.85. The standard InChI is InChI=1S/C15H22N4/c1-11(10-19-7-5-16-6-8-19)13-3-4-14-15(9-13)18-12(2)17-14/h3-4,9,11,16H,5-8,10H2,1-2H3,(H,17,18). The van der Waals surface area contributed by atoms with E-state index < -0.39 is 0 Å². The zero-order valence-corrected chi connectivity index (χ0v) is 11.7. The molecule has 0 saturated carbocycles. The molecule has 0 bridgehead atoms. The first kappa shape index (κ1) is 12.6. The molecule has 0 amide bonds. The van der Waals surface area contributed by atoms with Gasteiger partial charge in [-0.1, -0.05) is 13.0 Å². The summed E-state index contributed by atoms with van der Waals surface area (Å²) in [7, 11) is 0. The number of benzene rings is 1. The van der Waals surface area contributed by atoms with Crippen molar-refractivity contribution in [2.24, 2.45) is 0 Å². The van der Waals surface area contributed by atoms with Gasteiger partial charge in [0.15, 0.2) is 0 Å². The van der Waals surface area contributed by atoms with Crippen molar-refractivity contribution in [1.82, 2.24) is 20.2 Å². The van der Waals surface area contributed by atoms with Crippen LogP contribution >= 0.6 is 0 Å². The first-order valence-electron chi connectivity index (χ1n) is 7.12. The molecule has 1 aliphatic heterocycles. The molecule has 1 saturated heterocycles. The lowest BCUT2D eigenvalue weighted by Gasteiger charge is -2.29. The second-order valence-electron chi connectivity index (χ2n) is 5.55. The van der Waals surface area contributed by atoms with Crippen LogP contribution in [0.15, 0.2) is 18.2 Å². The van der Waals surface area contributed by atoms with Crippen LogP contribution in [0.4, 0.5) is 0 Å². The van der Waals surface area contributed by atoms with E-state index in [1.807, 2.05) is 6.92 Å². The van der Waals surface area contributed by atoms with Crippen molar-refractivity contribution >= 4 is 11.0 Å². The van der Waals surface area contributed by atoms with Gasteiger partial charge in [-0.2, -0.15) is 0 Å². The molecule has 1 fully saturated rings. The van der Waals surface area contributed by atoms with Crippen LogP contribution in [-0.4, -0.2) is 47.6 Å². The van der Waals surface area contributed by atoms with E-state index in [-0.39, 0.29) is 0 Å². The highest BCUT2D eigenvalue weighted by Gasteiger charge is 2.15. The lowest BCUT2D eigenvalue weighted by molar-refractivity contribution is 0.230. The van der Waals surface area contributed by atoms with Crippen LogP contribution in [0, 0.1) is 6.92 Å². The zero-order valence-electron chi connectivity index (χ0n) is 11.7. The molecule has 1 aromatic heterocycles. The summed E-state index contributed by atoms with van der Waals surface area (Å²) >= 11 is 0. The highest BCUT2D eigenvalue weighted by atomic mass is 15.2. The van der Waals surface area contributed by atoms with Gasteiger partial charge in [-0.05, 0) is 30.5 Å². The van der Waals surface area contributed by atoms with Crippen LogP contribution in [0.25, 0.3) is 11.0 Å². The van der Waals surface area contributed by atoms with Gasteiger partial charge in [0.05, 0.1) is 11.0 Å². The van der Waals surface area contributed by atoms with Crippen LogP contribution in [0.2, 0.25) is 0 Å². The van der Waals surface area contributed by atoms with Crippen LogP contribution in [0.1, 0.15) is 24.2 Å². The van der Waals surface area contributed by atoms with E-state index in [0.29, 0.717) is 5.92 Å². The van der Waals surface area contributed by atoms with Gasteiger partial charge in [-0.25, -0.2) is 4.98 Å². The lowest BCUT2D eigenvalue weighted by atomic mass is 10.00. The molecule has 2 N–H and O–H groups in total. The number of hydrogen-bond donors (Lipinski definition) is 2. The normalized spacial score (nSPS) is 18.8. The number of aromatic nitrogens is 2. The molecular weight excluding hydrogens is 236 g/mol. The minimum Gasteiger partial charge on any atom is -0.342 e. The summed E-state index contributed by atoms with van der Waals surface area (Å²) in [6.45, 7) is 10.0. The lowest BCUT2D eigenvalue weighted by Crippen LogP contribution is -2.44. The molecule has 0 spiro atoms. The SMILES string of the molecule is Cc1nc2ccc(C(C)CN3CCNCC3)cc2[nH]1. The van der Waals surface area contributed by atoms with E-state index in [1.165, 1.54) is 5.56 Å². The molecule has 4 heteroatoms. The van der Waals surface area contributed by atoms with Crippen molar-refractivity contribution < 1.29 is 0 Å². The van der Waals surface area contributed by atoms with Crippen LogP contribution in [0.3, 0.4) is 0 Å². The molecule has 2 heterocycles. The Kier molecular flexibility index (Phi) is 3.53. The third-order valence-corrected chi connectivity index (χ3v) is 3.94. The van der Waals surface area contributed by atoms with E-state index in [1.54, 1.807) is 0 Å². The number of hydrogen-bond acceptors (Lipinski definition) is 3. The van der Waals surface area contributed by atoms with Gasteiger partial charge in [0.2, 0.25) is 0 Å². The Morgan fingerprint density at radius 3 is 2.89 bits per heavy atom. The summed E-state index contributed by atoms with van der Waals surface area (Å²) in [4.78, 5) is 10.3. The van der Waals surface area contributed by atoms with E-state index in [9.17, 15) is 0 Å². The van der Waals surface area contributed by atoms with Gasteiger partial charge >= 0.3 is 0 Å². The Bertz CT molecular complexity index is 554. The summed E-state index contributed by atoms with van der Waals surface area (Å²) in [6.07, 6.45) is 0. The Morgan fingerprint density at radius 1 is 1.32 bits per heavy atom. The fourth-order valence-corrected chi connectivity index (χ4v) is 2.85. The molecule has 19 heavy (non-hydrogen) atoms. The molecule has 2 aromatic rings. The average Bonchev–Trinajstić information content (AvgIpc) is 2.78. The molecule has 1 atom stereocenters. The van der Waals surface area contributed by atoms with Gasteiger partial charge in [-0.15, -0.1) is 0 Å². The second kappa shape index (κ2) is 5.31. The largest absolute Gasteiger partial charge is 0.342 e. The number of nitrogens with one attached hydrogen (secondary N) is 2. The first-order chi connectivity index (χ1) is 9.22. The highest BCUT2D eigenvalue weighted by molar-refractivity contribution is 5.76. The summed E-state index contributed by atoms with van der Waals surface area (Å²) in [5.41, 5.74) is 3.62. The van der Waals surface area contributed by atoms with Gasteiger partial charge in [0.1, 0.15) is 5.82 Å². The summed E-state index contributed by atoms with van der Waals surface area (Å²) in [5, 5.41) is 3.40. The van der Waals surface area contributed by atoms with Gasteiger partial charge < -0.3 is 15.2 Å². The van der Waals surface area contributed by atoms with E-state index in [0.717, 1.165) is 49.6 Å². The number of rotatable bonds is 3. The number of H-pyrrole nitrogens is 1. The van der Waals surface area contributed by atoms with Crippen molar-refractivity contribution in [3.05, 3.63) is 29.6 Å². The molecule has 1 unspecified atom stereocenters. The molecule has 4 nitrogen and oxygen atoms in total.